The Balaban J connectivity index is 1.47. The molecule has 0 aliphatic rings. The Morgan fingerprint density at radius 1 is 1.23 bits per heavy atom. The number of amides is 1. The molecular weight excluding hydrogens is 354 g/mol. The van der Waals surface area contributed by atoms with E-state index in [1.807, 2.05) is 12.1 Å². The molecule has 7 heteroatoms. The second kappa shape index (κ2) is 8.55. The van der Waals surface area contributed by atoms with Crippen LogP contribution in [-0.2, 0) is 11.3 Å². The maximum Gasteiger partial charge on any atom is 0.258 e. The van der Waals surface area contributed by atoms with E-state index < -0.39 is 6.10 Å². The van der Waals surface area contributed by atoms with Crippen LogP contribution >= 0.6 is 11.3 Å². The lowest BCUT2D eigenvalue weighted by Crippen LogP contribution is -2.28. The molecule has 26 heavy (non-hydrogen) atoms. The highest BCUT2D eigenvalue weighted by molar-refractivity contribution is 7.12. The van der Waals surface area contributed by atoms with E-state index in [1.54, 1.807) is 43.5 Å². The van der Waals surface area contributed by atoms with Crippen LogP contribution in [0.5, 0.6) is 11.5 Å². The second-order valence-electron chi connectivity index (χ2n) is 5.47. The lowest BCUT2D eigenvalue weighted by molar-refractivity contribution is -0.123. The highest BCUT2D eigenvalue weighted by Gasteiger charge is 2.15. The van der Waals surface area contributed by atoms with Gasteiger partial charge in [0.05, 0.1) is 19.9 Å². The fourth-order valence-corrected chi connectivity index (χ4v) is 3.25. The maximum absolute atomic E-state index is 11.9. The number of hydrogen-bond donors (Lipinski definition) is 2. The van der Waals surface area contributed by atoms with E-state index in [9.17, 15) is 9.90 Å². The summed E-state index contributed by atoms with van der Waals surface area (Å²) in [6, 6.07) is 14.2. The van der Waals surface area contributed by atoms with Gasteiger partial charge in [0.25, 0.3) is 5.91 Å². The summed E-state index contributed by atoms with van der Waals surface area (Å²) >= 11 is 1.42. The normalized spacial score (nSPS) is 11.8. The number of rotatable bonds is 8. The Labute approximate surface area is 155 Å². The Hall–Kier alpha value is -2.77. The molecule has 0 spiro atoms. The van der Waals surface area contributed by atoms with Crippen molar-refractivity contribution in [1.29, 1.82) is 0 Å². The molecule has 1 atom stereocenters. The summed E-state index contributed by atoms with van der Waals surface area (Å²) in [4.78, 5) is 13.6. The molecule has 0 bridgehead atoms. The Morgan fingerprint density at radius 2 is 2.08 bits per heavy atom. The van der Waals surface area contributed by atoms with Crippen LogP contribution in [0.1, 0.15) is 21.6 Å². The van der Waals surface area contributed by atoms with Gasteiger partial charge in [0.15, 0.2) is 6.61 Å². The number of carbonyl (C=O) groups excluding carboxylic acids is 1. The number of furan rings is 1. The third kappa shape index (κ3) is 4.65. The van der Waals surface area contributed by atoms with Crippen molar-refractivity contribution in [3.8, 4) is 11.5 Å². The smallest absolute Gasteiger partial charge is 0.258 e. The van der Waals surface area contributed by atoms with Gasteiger partial charge in [0.1, 0.15) is 23.4 Å². The lowest BCUT2D eigenvalue weighted by Gasteiger charge is -2.08. The summed E-state index contributed by atoms with van der Waals surface area (Å²) < 4.78 is 15.8. The molecular formula is C19H19NO5S. The zero-order valence-electron chi connectivity index (χ0n) is 14.2. The third-order valence-electron chi connectivity index (χ3n) is 3.64. The molecule has 2 heterocycles. The quantitative estimate of drug-likeness (QED) is 0.634. The van der Waals surface area contributed by atoms with Gasteiger partial charge in [0.2, 0.25) is 0 Å². The van der Waals surface area contributed by atoms with Crippen molar-refractivity contribution in [2.24, 2.45) is 0 Å². The summed E-state index contributed by atoms with van der Waals surface area (Å²) in [5.41, 5.74) is 0. The van der Waals surface area contributed by atoms with Crippen molar-refractivity contribution in [3.05, 3.63) is 70.3 Å². The van der Waals surface area contributed by atoms with E-state index in [0.717, 1.165) is 9.75 Å². The number of aliphatic hydroxyl groups is 1. The van der Waals surface area contributed by atoms with E-state index in [1.165, 1.54) is 17.6 Å². The number of nitrogens with one attached hydrogen (secondary N) is 1. The number of carbonyl (C=O) groups is 1. The van der Waals surface area contributed by atoms with E-state index >= 15 is 0 Å². The Kier molecular flexibility index (Phi) is 5.93. The van der Waals surface area contributed by atoms with Crippen molar-refractivity contribution < 1.29 is 23.8 Å². The molecule has 3 rings (SSSR count). The lowest BCUT2D eigenvalue weighted by atomic mass is 10.2. The van der Waals surface area contributed by atoms with Crippen LogP contribution in [-0.4, -0.2) is 24.7 Å². The van der Waals surface area contributed by atoms with Crippen LogP contribution in [0.3, 0.4) is 0 Å². The molecule has 2 aromatic heterocycles. The summed E-state index contributed by atoms with van der Waals surface area (Å²) in [5, 5.41) is 13.0. The van der Waals surface area contributed by atoms with Gasteiger partial charge in [0, 0.05) is 15.8 Å². The standard InChI is InChI=1S/C19H19NO5S/c1-23-13-4-2-5-14(10-13)25-12-18(21)20-11-15-7-8-17(26-15)19(22)16-6-3-9-24-16/h2-10,19,22H,11-12H2,1H3,(H,20,21). The van der Waals surface area contributed by atoms with E-state index in [-0.39, 0.29) is 12.5 Å². The van der Waals surface area contributed by atoms with Gasteiger partial charge in [-0.2, -0.15) is 0 Å². The Morgan fingerprint density at radius 3 is 2.85 bits per heavy atom. The van der Waals surface area contributed by atoms with Gasteiger partial charge in [-0.25, -0.2) is 0 Å². The molecule has 0 fully saturated rings. The summed E-state index contributed by atoms with van der Waals surface area (Å²) in [6.07, 6.45) is 0.728. The minimum Gasteiger partial charge on any atom is -0.497 e. The maximum atomic E-state index is 11.9. The van der Waals surface area contributed by atoms with Crippen molar-refractivity contribution >= 4 is 17.2 Å². The van der Waals surface area contributed by atoms with E-state index in [0.29, 0.717) is 23.8 Å². The molecule has 0 radical (unpaired) electrons. The van der Waals surface area contributed by atoms with Gasteiger partial charge in [-0.1, -0.05) is 6.07 Å². The number of hydrogen-bond acceptors (Lipinski definition) is 6. The van der Waals surface area contributed by atoms with Crippen molar-refractivity contribution in [2.45, 2.75) is 12.6 Å². The van der Waals surface area contributed by atoms with Crippen LogP contribution < -0.4 is 14.8 Å². The van der Waals surface area contributed by atoms with Gasteiger partial charge < -0.3 is 24.3 Å². The summed E-state index contributed by atoms with van der Waals surface area (Å²) in [5.74, 6) is 1.51. The number of benzene rings is 1. The number of thiophene rings is 1. The second-order valence-corrected chi connectivity index (χ2v) is 6.67. The van der Waals surface area contributed by atoms with Crippen LogP contribution in [0.25, 0.3) is 0 Å². The highest BCUT2D eigenvalue weighted by Crippen LogP contribution is 2.28. The number of methoxy groups -OCH3 is 1. The SMILES string of the molecule is COc1cccc(OCC(=O)NCc2ccc(C(O)c3ccco3)s2)c1. The molecule has 0 aliphatic carbocycles. The predicted octanol–water partition coefficient (Wildman–Crippen LogP) is 3.13. The van der Waals surface area contributed by atoms with Crippen LogP contribution in [0.2, 0.25) is 0 Å². The zero-order chi connectivity index (χ0) is 18.4. The number of ether oxygens (including phenoxy) is 2. The average Bonchev–Trinajstić information content (AvgIpc) is 3.36. The van der Waals surface area contributed by atoms with Crippen LogP contribution in [0.4, 0.5) is 0 Å². The van der Waals surface area contributed by atoms with Crippen molar-refractivity contribution in [1.82, 2.24) is 5.32 Å². The molecule has 0 saturated heterocycles. The third-order valence-corrected chi connectivity index (χ3v) is 4.77. The first-order valence-corrected chi connectivity index (χ1v) is 8.81. The first-order chi connectivity index (χ1) is 12.7. The van der Waals surface area contributed by atoms with Gasteiger partial charge >= 0.3 is 0 Å². The van der Waals surface area contributed by atoms with Gasteiger partial charge in [-0.05, 0) is 36.4 Å². The molecule has 1 amide bonds. The van der Waals surface area contributed by atoms with Crippen LogP contribution in [0, 0.1) is 0 Å². The molecule has 1 unspecified atom stereocenters. The Bertz CT molecular complexity index is 843. The minimum atomic E-state index is -0.796. The summed E-state index contributed by atoms with van der Waals surface area (Å²) in [7, 11) is 1.57. The molecule has 2 N–H and O–H groups in total. The average molecular weight is 373 g/mol. The topological polar surface area (TPSA) is 80.9 Å². The molecule has 0 aliphatic heterocycles. The highest BCUT2D eigenvalue weighted by atomic mass is 32.1. The molecule has 136 valence electrons. The zero-order valence-corrected chi connectivity index (χ0v) is 15.0. The largest absolute Gasteiger partial charge is 0.497 e. The van der Waals surface area contributed by atoms with Gasteiger partial charge in [-0.3, -0.25) is 4.79 Å². The fourth-order valence-electron chi connectivity index (χ4n) is 2.30. The van der Waals surface area contributed by atoms with Gasteiger partial charge in [-0.15, -0.1) is 11.3 Å². The molecule has 3 aromatic rings. The molecule has 6 nitrogen and oxygen atoms in total. The minimum absolute atomic E-state index is 0.0829. The number of aliphatic hydroxyl groups excluding tert-OH is 1. The predicted molar refractivity (Wildman–Crippen MR) is 97.4 cm³/mol. The first kappa shape index (κ1) is 18.0. The summed E-state index contributed by atoms with van der Waals surface area (Å²) in [6.45, 7) is 0.288. The fraction of sp³-hybridized carbons (Fsp3) is 0.211. The molecule has 0 saturated carbocycles. The van der Waals surface area contributed by atoms with E-state index in [4.69, 9.17) is 13.9 Å². The molecule has 1 aromatic carbocycles. The van der Waals surface area contributed by atoms with Crippen molar-refractivity contribution in [2.75, 3.05) is 13.7 Å². The van der Waals surface area contributed by atoms with Crippen molar-refractivity contribution in [3.63, 3.8) is 0 Å². The monoisotopic (exact) mass is 373 g/mol. The first-order valence-electron chi connectivity index (χ1n) is 7.99. The van der Waals surface area contributed by atoms with Crippen LogP contribution in [0.15, 0.2) is 59.2 Å². The van der Waals surface area contributed by atoms with E-state index in [2.05, 4.69) is 5.32 Å².